The third-order valence-electron chi connectivity index (χ3n) is 10.4. The van der Waals surface area contributed by atoms with Gasteiger partial charge in [0.25, 0.3) is 0 Å². The molecule has 7 rings (SSSR count). The zero-order chi connectivity index (χ0) is 38.4. The monoisotopic (exact) mass is 748 g/mol. The molecule has 6 aromatic carbocycles. The highest BCUT2D eigenvalue weighted by molar-refractivity contribution is 5.38. The van der Waals surface area contributed by atoms with E-state index in [9.17, 15) is 5.11 Å². The molecule has 1 aliphatic rings. The van der Waals surface area contributed by atoms with Crippen LogP contribution in [-0.2, 0) is 69.6 Å². The lowest BCUT2D eigenvalue weighted by Gasteiger charge is -2.47. The molecule has 1 heterocycles. The molecule has 1 saturated heterocycles. The van der Waals surface area contributed by atoms with Gasteiger partial charge in [-0.2, -0.15) is 0 Å². The van der Waals surface area contributed by atoms with Crippen molar-refractivity contribution in [1.82, 2.24) is 0 Å². The maximum atomic E-state index is 10.8. The Hall–Kier alpha value is -4.92. The summed E-state index contributed by atoms with van der Waals surface area (Å²) < 4.78 is 34.5. The lowest BCUT2D eigenvalue weighted by Crippen LogP contribution is -2.58. The molecule has 5 unspecified atom stereocenters. The van der Waals surface area contributed by atoms with Gasteiger partial charge < -0.3 is 28.8 Å². The topological polar surface area (TPSA) is 66.4 Å². The molecule has 0 radical (unpaired) electrons. The second-order valence-electron chi connectivity index (χ2n) is 14.4. The molecule has 1 N–H and O–H groups in total. The summed E-state index contributed by atoms with van der Waals surface area (Å²) >= 11 is 0. The van der Waals surface area contributed by atoms with Gasteiger partial charge in [-0.15, -0.1) is 0 Å². The van der Waals surface area contributed by atoms with Gasteiger partial charge in [-0.05, 0) is 62.9 Å². The zero-order valence-corrected chi connectivity index (χ0v) is 32.1. The van der Waals surface area contributed by atoms with Gasteiger partial charge in [0, 0.05) is 0 Å². The third kappa shape index (κ3) is 10.7. The minimum atomic E-state index is -0.606. The van der Waals surface area contributed by atoms with Crippen molar-refractivity contribution < 1.29 is 28.8 Å². The molecular weight excluding hydrogens is 697 g/mol. The fourth-order valence-electron chi connectivity index (χ4n) is 7.33. The van der Waals surface area contributed by atoms with Gasteiger partial charge in [0.05, 0.1) is 39.6 Å². The molecule has 0 spiro atoms. The average Bonchev–Trinajstić information content (AvgIpc) is 3.26. The van der Waals surface area contributed by atoms with Crippen LogP contribution in [-0.4, -0.2) is 36.1 Å². The highest BCUT2D eigenvalue weighted by Crippen LogP contribution is 2.40. The molecule has 0 saturated carbocycles. The standard InChI is InChI=1S/C50H52O6/c1-2-37-23-25-38(26-24-37)29-43-27-28-44(31-51)45(30-43)47-49(54-34-41-19-11-5-12-20-41)50(55-35-42-21-13-6-14-22-42)48(53-33-40-17-9-4-10-18-40)46(56-47)36-52-32-39-15-7-3-8-16-39/h3-28,30,46-51H,2,29,31-36H2,1H3. The van der Waals surface area contributed by atoms with E-state index < -0.39 is 30.5 Å². The van der Waals surface area contributed by atoms with Crippen LogP contribution in [0, 0.1) is 0 Å². The first kappa shape index (κ1) is 39.3. The summed E-state index contributed by atoms with van der Waals surface area (Å²) in [6.07, 6.45) is -1.11. The highest BCUT2D eigenvalue weighted by atomic mass is 16.6. The number of ether oxygens (including phenoxy) is 5. The lowest BCUT2D eigenvalue weighted by atomic mass is 9.87. The van der Waals surface area contributed by atoms with Crippen molar-refractivity contribution in [2.24, 2.45) is 0 Å². The van der Waals surface area contributed by atoms with E-state index in [0.29, 0.717) is 26.4 Å². The molecule has 1 fully saturated rings. The third-order valence-corrected chi connectivity index (χ3v) is 10.4. The molecule has 6 aromatic rings. The number of aliphatic hydroxyl groups excluding tert-OH is 1. The van der Waals surface area contributed by atoms with Crippen LogP contribution >= 0.6 is 0 Å². The molecule has 6 heteroatoms. The van der Waals surface area contributed by atoms with E-state index in [0.717, 1.165) is 51.8 Å². The minimum absolute atomic E-state index is 0.148. The van der Waals surface area contributed by atoms with Gasteiger partial charge in [-0.1, -0.05) is 171 Å². The van der Waals surface area contributed by atoms with Crippen LogP contribution in [0.15, 0.2) is 164 Å². The van der Waals surface area contributed by atoms with Crippen molar-refractivity contribution in [1.29, 1.82) is 0 Å². The summed E-state index contributed by atoms with van der Waals surface area (Å²) in [7, 11) is 0. The Kier molecular flexibility index (Phi) is 14.3. The Morgan fingerprint density at radius 1 is 0.482 bits per heavy atom. The van der Waals surface area contributed by atoms with Gasteiger partial charge in [0.2, 0.25) is 0 Å². The van der Waals surface area contributed by atoms with Gasteiger partial charge >= 0.3 is 0 Å². The summed E-state index contributed by atoms with van der Waals surface area (Å²) in [6, 6.07) is 55.7. The van der Waals surface area contributed by atoms with Crippen molar-refractivity contribution in [3.8, 4) is 0 Å². The maximum Gasteiger partial charge on any atom is 0.117 e. The van der Waals surface area contributed by atoms with Crippen molar-refractivity contribution in [2.45, 2.75) is 83.3 Å². The lowest BCUT2D eigenvalue weighted by molar-refractivity contribution is -0.275. The average molecular weight is 749 g/mol. The molecule has 288 valence electrons. The van der Waals surface area contributed by atoms with Gasteiger partial charge in [0.1, 0.15) is 30.5 Å². The van der Waals surface area contributed by atoms with E-state index >= 15 is 0 Å². The first-order chi connectivity index (χ1) is 27.7. The van der Waals surface area contributed by atoms with Crippen molar-refractivity contribution in [3.05, 3.63) is 214 Å². The van der Waals surface area contributed by atoms with Crippen molar-refractivity contribution in [2.75, 3.05) is 6.61 Å². The van der Waals surface area contributed by atoms with E-state index in [1.165, 1.54) is 11.1 Å². The summed E-state index contributed by atoms with van der Waals surface area (Å²) in [4.78, 5) is 0. The Morgan fingerprint density at radius 3 is 1.46 bits per heavy atom. The largest absolute Gasteiger partial charge is 0.392 e. The summed E-state index contributed by atoms with van der Waals surface area (Å²) in [5, 5.41) is 10.8. The number of benzene rings is 6. The Balaban J connectivity index is 1.28. The summed E-state index contributed by atoms with van der Waals surface area (Å²) in [5.74, 6) is 0. The smallest absolute Gasteiger partial charge is 0.117 e. The summed E-state index contributed by atoms with van der Waals surface area (Å²) in [5.41, 5.74) is 9.50. The SMILES string of the molecule is CCc1ccc(Cc2ccc(CO)c(C3OC(COCc4ccccc4)C(OCc4ccccc4)C(OCc4ccccc4)C3OCc3ccccc3)c2)cc1. The van der Waals surface area contributed by atoms with Crippen LogP contribution < -0.4 is 0 Å². The fraction of sp³-hybridized carbons (Fsp3) is 0.280. The number of rotatable bonds is 18. The molecule has 0 bridgehead atoms. The number of hydrogen-bond donors (Lipinski definition) is 1. The van der Waals surface area contributed by atoms with E-state index in [1.54, 1.807) is 0 Å². The molecule has 0 amide bonds. The van der Waals surface area contributed by atoms with Crippen LogP contribution in [0.1, 0.15) is 63.1 Å². The molecule has 0 aliphatic carbocycles. The second kappa shape index (κ2) is 20.3. The van der Waals surface area contributed by atoms with Crippen molar-refractivity contribution in [3.63, 3.8) is 0 Å². The molecule has 0 aromatic heterocycles. The molecule has 6 nitrogen and oxygen atoms in total. The van der Waals surface area contributed by atoms with Gasteiger partial charge in [-0.25, -0.2) is 0 Å². The Bertz CT molecular complexity index is 2020. The number of aliphatic hydroxyl groups is 1. The van der Waals surface area contributed by atoms with Crippen LogP contribution in [0.2, 0.25) is 0 Å². The predicted octanol–water partition coefficient (Wildman–Crippen LogP) is 9.74. The minimum Gasteiger partial charge on any atom is -0.392 e. The van der Waals surface area contributed by atoms with Crippen LogP contribution in [0.5, 0.6) is 0 Å². The Labute approximate surface area is 331 Å². The number of hydrogen-bond acceptors (Lipinski definition) is 6. The van der Waals surface area contributed by atoms with Crippen LogP contribution in [0.4, 0.5) is 0 Å². The van der Waals surface area contributed by atoms with Crippen LogP contribution in [0.3, 0.4) is 0 Å². The molecular formula is C50H52O6. The zero-order valence-electron chi connectivity index (χ0n) is 32.1. The number of aryl methyl sites for hydroxylation is 1. The van der Waals surface area contributed by atoms with E-state index in [-0.39, 0.29) is 13.2 Å². The molecule has 56 heavy (non-hydrogen) atoms. The first-order valence-electron chi connectivity index (χ1n) is 19.7. The molecule has 5 atom stereocenters. The Morgan fingerprint density at radius 2 is 0.946 bits per heavy atom. The van der Waals surface area contributed by atoms with Crippen LogP contribution in [0.25, 0.3) is 0 Å². The second-order valence-corrected chi connectivity index (χ2v) is 14.4. The highest BCUT2D eigenvalue weighted by Gasteiger charge is 2.49. The fourth-order valence-corrected chi connectivity index (χ4v) is 7.33. The quantitative estimate of drug-likeness (QED) is 0.0945. The maximum absolute atomic E-state index is 10.8. The first-order valence-corrected chi connectivity index (χ1v) is 19.7. The van der Waals surface area contributed by atoms with Gasteiger partial charge in [-0.3, -0.25) is 0 Å². The predicted molar refractivity (Wildman–Crippen MR) is 220 cm³/mol. The van der Waals surface area contributed by atoms with E-state index in [2.05, 4.69) is 91.9 Å². The van der Waals surface area contributed by atoms with Crippen molar-refractivity contribution >= 4 is 0 Å². The van der Waals surface area contributed by atoms with E-state index in [4.69, 9.17) is 23.7 Å². The normalized spacial score (nSPS) is 19.5. The summed E-state index contributed by atoms with van der Waals surface area (Å²) in [6.45, 7) is 3.77. The molecule has 1 aliphatic heterocycles. The van der Waals surface area contributed by atoms with E-state index in [1.807, 2.05) is 78.9 Å². The van der Waals surface area contributed by atoms with Gasteiger partial charge in [0.15, 0.2) is 0 Å².